The van der Waals surface area contributed by atoms with Crippen molar-refractivity contribution in [3.63, 3.8) is 0 Å². The Morgan fingerprint density at radius 3 is 2.65 bits per heavy atom. The topological polar surface area (TPSA) is 53.0 Å². The highest BCUT2D eigenvalue weighted by Gasteiger charge is 2.29. The molecule has 2 rings (SSSR count). The number of hydrogen-bond acceptors (Lipinski definition) is 3. The van der Waals surface area contributed by atoms with Crippen LogP contribution in [0.25, 0.3) is 0 Å². The van der Waals surface area contributed by atoms with Gasteiger partial charge in [0.05, 0.1) is 12.5 Å². The van der Waals surface area contributed by atoms with Crippen molar-refractivity contribution in [3.05, 3.63) is 30.3 Å². The maximum atomic E-state index is 8.76. The second-order valence-corrected chi connectivity index (χ2v) is 4.60. The van der Waals surface area contributed by atoms with Gasteiger partial charge in [0, 0.05) is 24.3 Å². The molecule has 1 aromatic carbocycles. The van der Waals surface area contributed by atoms with Crippen molar-refractivity contribution < 1.29 is 0 Å². The fourth-order valence-corrected chi connectivity index (χ4v) is 2.63. The van der Waals surface area contributed by atoms with Crippen LogP contribution in [0.1, 0.15) is 25.7 Å². The highest BCUT2D eigenvalue weighted by molar-refractivity contribution is 5.47. The van der Waals surface area contributed by atoms with E-state index in [4.69, 9.17) is 11.0 Å². The van der Waals surface area contributed by atoms with Gasteiger partial charge in [-0.2, -0.15) is 5.26 Å². The molecule has 3 heteroatoms. The molecule has 0 amide bonds. The van der Waals surface area contributed by atoms with E-state index in [0.717, 1.165) is 19.4 Å². The summed E-state index contributed by atoms with van der Waals surface area (Å²) in [4.78, 5) is 2.31. The highest BCUT2D eigenvalue weighted by Crippen LogP contribution is 2.27. The Morgan fingerprint density at radius 1 is 1.29 bits per heavy atom. The number of nitriles is 1. The van der Waals surface area contributed by atoms with E-state index < -0.39 is 0 Å². The third kappa shape index (κ3) is 2.78. The van der Waals surface area contributed by atoms with Crippen LogP contribution in [0.15, 0.2) is 30.3 Å². The number of nitrogens with zero attached hydrogens (tertiary/aromatic N) is 2. The largest absolute Gasteiger partial charge is 0.366 e. The Morgan fingerprint density at radius 2 is 2.06 bits per heavy atom. The first kappa shape index (κ1) is 11.9. The van der Waals surface area contributed by atoms with Crippen molar-refractivity contribution in [2.75, 3.05) is 11.4 Å². The van der Waals surface area contributed by atoms with Gasteiger partial charge in [-0.3, -0.25) is 0 Å². The minimum Gasteiger partial charge on any atom is -0.366 e. The van der Waals surface area contributed by atoms with E-state index in [-0.39, 0.29) is 6.04 Å². The van der Waals surface area contributed by atoms with E-state index in [2.05, 4.69) is 23.1 Å². The van der Waals surface area contributed by atoms with Gasteiger partial charge in [0.25, 0.3) is 0 Å². The highest BCUT2D eigenvalue weighted by atomic mass is 15.2. The molecule has 90 valence electrons. The second kappa shape index (κ2) is 5.70. The zero-order valence-corrected chi connectivity index (χ0v) is 10.0. The van der Waals surface area contributed by atoms with Gasteiger partial charge in [-0.25, -0.2) is 0 Å². The molecule has 0 heterocycles. The molecule has 0 aliphatic heterocycles. The van der Waals surface area contributed by atoms with Crippen LogP contribution in [0.2, 0.25) is 0 Å². The van der Waals surface area contributed by atoms with Crippen LogP contribution in [0.5, 0.6) is 0 Å². The molecule has 0 spiro atoms. The van der Waals surface area contributed by atoms with Crippen molar-refractivity contribution in [2.24, 2.45) is 5.73 Å². The lowest BCUT2D eigenvalue weighted by molar-refractivity contribution is 0.545. The number of anilines is 1. The molecule has 3 nitrogen and oxygen atoms in total. The average molecular weight is 229 g/mol. The lowest BCUT2D eigenvalue weighted by atomic mass is 10.1. The maximum Gasteiger partial charge on any atom is 0.0640 e. The fourth-order valence-electron chi connectivity index (χ4n) is 2.63. The van der Waals surface area contributed by atoms with Crippen molar-refractivity contribution in [1.29, 1.82) is 5.26 Å². The molecule has 1 aliphatic carbocycles. The molecule has 17 heavy (non-hydrogen) atoms. The SMILES string of the molecule is N#CCCN(c1ccccc1)C1CCCC1N. The number of rotatable bonds is 4. The van der Waals surface area contributed by atoms with Crippen molar-refractivity contribution in [2.45, 2.75) is 37.8 Å². The number of nitrogens with two attached hydrogens (primary N) is 1. The van der Waals surface area contributed by atoms with Crippen LogP contribution in [0, 0.1) is 11.3 Å². The summed E-state index contributed by atoms with van der Waals surface area (Å²) in [6, 6.07) is 13.1. The number of benzene rings is 1. The molecular weight excluding hydrogens is 210 g/mol. The molecule has 1 saturated carbocycles. The average Bonchev–Trinajstić information content (AvgIpc) is 2.78. The molecule has 1 aliphatic rings. The molecule has 1 aromatic rings. The predicted octanol–water partition coefficient (Wildman–Crippen LogP) is 2.29. The Hall–Kier alpha value is -1.53. The normalized spacial score (nSPS) is 23.3. The summed E-state index contributed by atoms with van der Waals surface area (Å²) in [5.41, 5.74) is 7.35. The van der Waals surface area contributed by atoms with Gasteiger partial charge in [0.1, 0.15) is 0 Å². The lowest BCUT2D eigenvalue weighted by Crippen LogP contribution is -2.45. The summed E-state index contributed by atoms with van der Waals surface area (Å²) in [6.07, 6.45) is 3.99. The minimum absolute atomic E-state index is 0.244. The van der Waals surface area contributed by atoms with Crippen LogP contribution in [0.4, 0.5) is 5.69 Å². The van der Waals surface area contributed by atoms with Gasteiger partial charge in [-0.1, -0.05) is 18.2 Å². The van der Waals surface area contributed by atoms with Crippen LogP contribution in [-0.2, 0) is 0 Å². The molecule has 0 radical (unpaired) electrons. The third-order valence-corrected chi connectivity index (χ3v) is 3.48. The van der Waals surface area contributed by atoms with Gasteiger partial charge in [-0.15, -0.1) is 0 Å². The summed E-state index contributed by atoms with van der Waals surface area (Å²) in [6.45, 7) is 0.777. The summed E-state index contributed by atoms with van der Waals surface area (Å²) in [7, 11) is 0. The van der Waals surface area contributed by atoms with Crippen LogP contribution < -0.4 is 10.6 Å². The standard InChI is InChI=1S/C14H19N3/c15-10-5-11-17(12-6-2-1-3-7-12)14-9-4-8-13(14)16/h1-3,6-7,13-14H,4-5,8-9,11,16H2. The Bertz CT molecular complexity index is 382. The number of hydrogen-bond donors (Lipinski definition) is 1. The Balaban J connectivity index is 2.16. The summed E-state index contributed by atoms with van der Waals surface area (Å²) in [5.74, 6) is 0. The first-order valence-corrected chi connectivity index (χ1v) is 6.27. The number of para-hydroxylation sites is 1. The molecule has 1 fully saturated rings. The van der Waals surface area contributed by atoms with Crippen LogP contribution >= 0.6 is 0 Å². The first-order valence-electron chi connectivity index (χ1n) is 6.27. The summed E-state index contributed by atoms with van der Waals surface area (Å²) in [5, 5.41) is 8.76. The van der Waals surface area contributed by atoms with E-state index >= 15 is 0 Å². The molecule has 0 saturated heterocycles. The van der Waals surface area contributed by atoms with Crippen LogP contribution in [-0.4, -0.2) is 18.6 Å². The molecule has 2 atom stereocenters. The fraction of sp³-hybridized carbons (Fsp3) is 0.500. The van der Waals surface area contributed by atoms with Gasteiger partial charge in [-0.05, 0) is 31.4 Å². The van der Waals surface area contributed by atoms with Crippen LogP contribution in [0.3, 0.4) is 0 Å². The minimum atomic E-state index is 0.244. The van der Waals surface area contributed by atoms with E-state index in [1.807, 2.05) is 18.2 Å². The zero-order chi connectivity index (χ0) is 12.1. The molecule has 2 N–H and O–H groups in total. The molecular formula is C14H19N3. The van der Waals surface area contributed by atoms with E-state index in [1.54, 1.807) is 0 Å². The molecule has 0 aromatic heterocycles. The second-order valence-electron chi connectivity index (χ2n) is 4.60. The summed E-state index contributed by atoms with van der Waals surface area (Å²) < 4.78 is 0. The Labute approximate surface area is 103 Å². The van der Waals surface area contributed by atoms with Crippen molar-refractivity contribution in [1.82, 2.24) is 0 Å². The predicted molar refractivity (Wildman–Crippen MR) is 69.6 cm³/mol. The van der Waals surface area contributed by atoms with Crippen molar-refractivity contribution in [3.8, 4) is 6.07 Å². The summed E-state index contributed by atoms with van der Waals surface area (Å²) >= 11 is 0. The molecule has 2 unspecified atom stereocenters. The van der Waals surface area contributed by atoms with Gasteiger partial charge >= 0.3 is 0 Å². The quantitative estimate of drug-likeness (QED) is 0.861. The lowest BCUT2D eigenvalue weighted by Gasteiger charge is -2.33. The smallest absolute Gasteiger partial charge is 0.0640 e. The van der Waals surface area contributed by atoms with Crippen molar-refractivity contribution >= 4 is 5.69 Å². The van der Waals surface area contributed by atoms with E-state index in [1.165, 1.54) is 12.1 Å². The van der Waals surface area contributed by atoms with Gasteiger partial charge in [0.15, 0.2) is 0 Å². The van der Waals surface area contributed by atoms with E-state index in [9.17, 15) is 0 Å². The van der Waals surface area contributed by atoms with Gasteiger partial charge < -0.3 is 10.6 Å². The Kier molecular flexibility index (Phi) is 4.00. The van der Waals surface area contributed by atoms with E-state index in [0.29, 0.717) is 12.5 Å². The third-order valence-electron chi connectivity index (χ3n) is 3.48. The zero-order valence-electron chi connectivity index (χ0n) is 10.0. The molecule has 0 bridgehead atoms. The maximum absolute atomic E-state index is 8.76. The first-order chi connectivity index (χ1) is 8.33. The van der Waals surface area contributed by atoms with Gasteiger partial charge in [0.2, 0.25) is 0 Å². The monoisotopic (exact) mass is 229 g/mol.